The van der Waals surface area contributed by atoms with Gasteiger partial charge >= 0.3 is 5.97 Å². The van der Waals surface area contributed by atoms with Gasteiger partial charge in [-0.05, 0) is 25.7 Å². The molecule has 2 atom stereocenters. The van der Waals surface area contributed by atoms with E-state index in [1.54, 1.807) is 6.92 Å². The van der Waals surface area contributed by atoms with Crippen LogP contribution in [0.5, 0.6) is 0 Å². The van der Waals surface area contributed by atoms with E-state index in [4.69, 9.17) is 10.5 Å². The molecule has 7 heteroatoms. The summed E-state index contributed by atoms with van der Waals surface area (Å²) in [4.78, 5) is 22.9. The zero-order valence-corrected chi connectivity index (χ0v) is 11.5. The van der Waals surface area contributed by atoms with Crippen LogP contribution in [0.1, 0.15) is 19.8 Å². The minimum Gasteiger partial charge on any atom is -0.467 e. The van der Waals surface area contributed by atoms with Crippen LogP contribution in [0.25, 0.3) is 0 Å². The maximum absolute atomic E-state index is 11.8. The van der Waals surface area contributed by atoms with E-state index in [9.17, 15) is 9.59 Å². The van der Waals surface area contributed by atoms with Gasteiger partial charge < -0.3 is 20.5 Å². The molecule has 6 nitrogen and oxygen atoms in total. The minimum absolute atomic E-state index is 0. The predicted octanol–water partition coefficient (Wildman–Crippen LogP) is -0.160. The van der Waals surface area contributed by atoms with E-state index in [0.717, 1.165) is 12.8 Å². The normalized spacial score (nSPS) is 19.3. The number of methoxy groups -OCH3 is 1. The smallest absolute Gasteiger partial charge is 0.328 e. The van der Waals surface area contributed by atoms with E-state index >= 15 is 0 Å². The SMILES string of the molecule is COC(=O)[C@H](C)NC(=O)C(N)C1CCOCC1.Cl. The minimum atomic E-state index is -0.668. The largest absolute Gasteiger partial charge is 0.467 e. The Morgan fingerprint density at radius 2 is 1.94 bits per heavy atom. The van der Waals surface area contributed by atoms with Crippen LogP contribution in [0, 0.1) is 5.92 Å². The van der Waals surface area contributed by atoms with Crippen molar-refractivity contribution < 1.29 is 19.1 Å². The molecule has 1 fully saturated rings. The fourth-order valence-corrected chi connectivity index (χ4v) is 1.83. The third-order valence-corrected chi connectivity index (χ3v) is 2.99. The first-order valence-corrected chi connectivity index (χ1v) is 5.77. The van der Waals surface area contributed by atoms with Crippen molar-refractivity contribution in [1.29, 1.82) is 0 Å². The highest BCUT2D eigenvalue weighted by molar-refractivity contribution is 5.87. The Morgan fingerprint density at radius 1 is 1.39 bits per heavy atom. The van der Waals surface area contributed by atoms with Crippen LogP contribution in [0.4, 0.5) is 0 Å². The molecular formula is C11H21ClN2O4. The molecule has 0 aromatic carbocycles. The van der Waals surface area contributed by atoms with E-state index in [1.165, 1.54) is 7.11 Å². The summed E-state index contributed by atoms with van der Waals surface area (Å²) < 4.78 is 9.73. The number of esters is 1. The molecule has 0 radical (unpaired) electrons. The fourth-order valence-electron chi connectivity index (χ4n) is 1.83. The molecule has 1 aliphatic rings. The summed E-state index contributed by atoms with van der Waals surface area (Å²) in [6.45, 7) is 2.84. The zero-order valence-electron chi connectivity index (χ0n) is 10.7. The summed E-state index contributed by atoms with van der Waals surface area (Å²) >= 11 is 0. The van der Waals surface area contributed by atoms with Crippen LogP contribution >= 0.6 is 12.4 Å². The first-order chi connectivity index (χ1) is 8.06. The summed E-state index contributed by atoms with van der Waals surface area (Å²) in [6, 6.07) is -1.26. The van der Waals surface area contributed by atoms with Gasteiger partial charge in [-0.15, -0.1) is 12.4 Å². The molecule has 0 saturated carbocycles. The lowest BCUT2D eigenvalue weighted by Crippen LogP contribution is -2.51. The Morgan fingerprint density at radius 3 is 2.44 bits per heavy atom. The van der Waals surface area contributed by atoms with Crippen molar-refractivity contribution in [2.75, 3.05) is 20.3 Å². The number of ether oxygens (including phenoxy) is 2. The monoisotopic (exact) mass is 280 g/mol. The third-order valence-electron chi connectivity index (χ3n) is 2.99. The van der Waals surface area contributed by atoms with E-state index < -0.39 is 18.1 Å². The molecule has 0 aromatic rings. The number of amides is 1. The number of nitrogens with one attached hydrogen (secondary N) is 1. The van der Waals surface area contributed by atoms with Crippen LogP contribution in [-0.2, 0) is 19.1 Å². The Balaban J connectivity index is 0.00000289. The van der Waals surface area contributed by atoms with Crippen LogP contribution in [0.3, 0.4) is 0 Å². The number of rotatable bonds is 4. The number of halogens is 1. The molecule has 1 rings (SSSR count). The van der Waals surface area contributed by atoms with E-state index in [0.29, 0.717) is 13.2 Å². The molecule has 1 heterocycles. The Kier molecular flexibility index (Phi) is 7.90. The third kappa shape index (κ3) is 4.80. The van der Waals surface area contributed by atoms with Crippen molar-refractivity contribution in [1.82, 2.24) is 5.32 Å². The van der Waals surface area contributed by atoms with Gasteiger partial charge in [-0.2, -0.15) is 0 Å². The van der Waals surface area contributed by atoms with Gasteiger partial charge in [0.25, 0.3) is 0 Å². The molecule has 0 spiro atoms. The van der Waals surface area contributed by atoms with Gasteiger partial charge in [0, 0.05) is 13.2 Å². The standard InChI is InChI=1S/C11H20N2O4.ClH/c1-7(11(15)16-2)13-10(14)9(12)8-3-5-17-6-4-8;/h7-9H,3-6,12H2,1-2H3,(H,13,14);1H/t7-,9?;/m0./s1. The number of hydrogen-bond acceptors (Lipinski definition) is 5. The molecule has 0 aromatic heterocycles. The van der Waals surface area contributed by atoms with Gasteiger partial charge in [0.15, 0.2) is 0 Å². The summed E-state index contributed by atoms with van der Waals surface area (Å²) in [5.74, 6) is -0.666. The molecular weight excluding hydrogens is 260 g/mol. The average Bonchev–Trinajstić information content (AvgIpc) is 2.37. The van der Waals surface area contributed by atoms with Crippen LogP contribution in [-0.4, -0.2) is 44.3 Å². The summed E-state index contributed by atoms with van der Waals surface area (Å²) in [5, 5.41) is 2.55. The second kappa shape index (κ2) is 8.29. The highest BCUT2D eigenvalue weighted by Gasteiger charge is 2.28. The average molecular weight is 281 g/mol. The van der Waals surface area contributed by atoms with Crippen LogP contribution in [0.2, 0.25) is 0 Å². The highest BCUT2D eigenvalue weighted by Crippen LogP contribution is 2.17. The van der Waals surface area contributed by atoms with Gasteiger partial charge in [-0.3, -0.25) is 4.79 Å². The van der Waals surface area contributed by atoms with Crippen LogP contribution in [0.15, 0.2) is 0 Å². The first kappa shape index (κ1) is 17.2. The first-order valence-electron chi connectivity index (χ1n) is 5.77. The quantitative estimate of drug-likeness (QED) is 0.699. The number of carbonyl (C=O) groups excluding carboxylic acids is 2. The Labute approximate surface area is 113 Å². The topological polar surface area (TPSA) is 90.7 Å². The highest BCUT2D eigenvalue weighted by atomic mass is 35.5. The lowest BCUT2D eigenvalue weighted by molar-refractivity contribution is -0.144. The molecule has 3 N–H and O–H groups in total. The fraction of sp³-hybridized carbons (Fsp3) is 0.818. The maximum atomic E-state index is 11.8. The van der Waals surface area contributed by atoms with Crippen molar-refractivity contribution >= 4 is 24.3 Å². The second-order valence-electron chi connectivity index (χ2n) is 4.23. The van der Waals surface area contributed by atoms with E-state index in [1.807, 2.05) is 0 Å². The maximum Gasteiger partial charge on any atom is 0.328 e. The molecule has 1 aliphatic heterocycles. The molecule has 18 heavy (non-hydrogen) atoms. The molecule has 0 aliphatic carbocycles. The molecule has 0 bridgehead atoms. The zero-order chi connectivity index (χ0) is 12.8. The Bertz CT molecular complexity index is 282. The van der Waals surface area contributed by atoms with Gasteiger partial charge in [0.1, 0.15) is 6.04 Å². The van der Waals surface area contributed by atoms with Crippen molar-refractivity contribution in [2.24, 2.45) is 11.7 Å². The lowest BCUT2D eigenvalue weighted by atomic mass is 9.92. The second-order valence-corrected chi connectivity index (χ2v) is 4.23. The van der Waals surface area contributed by atoms with Gasteiger partial charge in [-0.1, -0.05) is 0 Å². The number of hydrogen-bond donors (Lipinski definition) is 2. The van der Waals surface area contributed by atoms with Crippen molar-refractivity contribution in [2.45, 2.75) is 31.8 Å². The van der Waals surface area contributed by atoms with E-state index in [2.05, 4.69) is 10.1 Å². The summed E-state index contributed by atoms with van der Waals surface area (Å²) in [6.07, 6.45) is 1.56. The molecule has 1 saturated heterocycles. The van der Waals surface area contributed by atoms with Crippen LogP contribution < -0.4 is 11.1 Å². The Hall–Kier alpha value is -0.850. The number of carbonyl (C=O) groups is 2. The molecule has 106 valence electrons. The van der Waals surface area contributed by atoms with E-state index in [-0.39, 0.29) is 24.2 Å². The van der Waals surface area contributed by atoms with Crippen molar-refractivity contribution in [3.63, 3.8) is 0 Å². The van der Waals surface area contributed by atoms with Gasteiger partial charge in [-0.25, -0.2) is 4.79 Å². The van der Waals surface area contributed by atoms with Gasteiger partial charge in [0.2, 0.25) is 5.91 Å². The lowest BCUT2D eigenvalue weighted by Gasteiger charge is -2.27. The van der Waals surface area contributed by atoms with Gasteiger partial charge in [0.05, 0.1) is 13.2 Å². The summed E-state index contributed by atoms with van der Waals surface area (Å²) in [5.41, 5.74) is 5.86. The predicted molar refractivity (Wildman–Crippen MR) is 68.4 cm³/mol. The molecule has 1 amide bonds. The van der Waals surface area contributed by atoms with Crippen molar-refractivity contribution in [3.05, 3.63) is 0 Å². The van der Waals surface area contributed by atoms with Crippen molar-refractivity contribution in [3.8, 4) is 0 Å². The molecule has 1 unspecified atom stereocenters. The summed E-state index contributed by atoms with van der Waals surface area (Å²) in [7, 11) is 1.28. The number of nitrogens with two attached hydrogens (primary N) is 1.